The molecule has 228 valence electrons. The molecule has 11 nitrogen and oxygen atoms in total. The number of esters is 1. The average molecular weight is 609 g/mol. The molecule has 0 saturated carbocycles. The lowest BCUT2D eigenvalue weighted by Crippen LogP contribution is -2.48. The van der Waals surface area contributed by atoms with Gasteiger partial charge in [0.1, 0.15) is 12.1 Å². The predicted octanol–water partition coefficient (Wildman–Crippen LogP) is 4.14. The number of fused-ring (bicyclic) bond motifs is 4. The fourth-order valence-corrected chi connectivity index (χ4v) is 5.59. The van der Waals surface area contributed by atoms with Crippen molar-refractivity contribution in [3.63, 3.8) is 0 Å². The summed E-state index contributed by atoms with van der Waals surface area (Å²) in [5.41, 5.74) is 8.45. The highest BCUT2D eigenvalue weighted by Crippen LogP contribution is 2.28. The zero-order valence-corrected chi connectivity index (χ0v) is 25.5. The maximum absolute atomic E-state index is 14.2. The van der Waals surface area contributed by atoms with Gasteiger partial charge in [-0.15, -0.1) is 0 Å². The second kappa shape index (κ2) is 12.5. The van der Waals surface area contributed by atoms with Gasteiger partial charge in [0.05, 0.1) is 22.9 Å². The number of nitrogens with zero attached hydrogens (tertiary/aromatic N) is 3. The molecule has 43 heavy (non-hydrogen) atoms. The lowest BCUT2D eigenvalue weighted by Gasteiger charge is -2.31. The summed E-state index contributed by atoms with van der Waals surface area (Å²) in [5, 5.41) is 11.2. The van der Waals surface area contributed by atoms with Crippen molar-refractivity contribution >= 4 is 33.3 Å². The Morgan fingerprint density at radius 3 is 2.37 bits per heavy atom. The first-order valence-corrected chi connectivity index (χ1v) is 15.7. The summed E-state index contributed by atoms with van der Waals surface area (Å²) in [5.74, 6) is -1.00. The number of carbonyl (C=O) groups is 2. The Labute approximate surface area is 251 Å². The lowest BCUT2D eigenvalue weighted by atomic mass is 9.92. The second-order valence-corrected chi connectivity index (χ2v) is 13.2. The van der Waals surface area contributed by atoms with Crippen LogP contribution in [0, 0.1) is 10.1 Å². The number of hydrogen-bond acceptors (Lipinski definition) is 8. The van der Waals surface area contributed by atoms with E-state index in [1.54, 1.807) is 36.1 Å². The van der Waals surface area contributed by atoms with E-state index in [1.807, 2.05) is 31.2 Å². The van der Waals surface area contributed by atoms with Crippen molar-refractivity contribution < 1.29 is 27.7 Å². The molecule has 0 fully saturated rings. The summed E-state index contributed by atoms with van der Waals surface area (Å²) in [6.45, 7) is 3.57. The maximum atomic E-state index is 14.2. The predicted molar refractivity (Wildman–Crippen MR) is 163 cm³/mol. The van der Waals surface area contributed by atoms with E-state index in [0.717, 1.165) is 21.7 Å². The number of rotatable bonds is 5. The molecule has 4 bridgehead atoms. The van der Waals surface area contributed by atoms with Crippen molar-refractivity contribution in [2.24, 2.45) is 5.73 Å². The van der Waals surface area contributed by atoms with E-state index in [0.29, 0.717) is 30.5 Å². The summed E-state index contributed by atoms with van der Waals surface area (Å²) < 4.78 is 31.4. The van der Waals surface area contributed by atoms with E-state index < -0.39 is 32.5 Å². The maximum Gasteiger partial charge on any atom is 0.326 e. The third-order valence-corrected chi connectivity index (χ3v) is 8.87. The molecule has 3 aromatic carbocycles. The van der Waals surface area contributed by atoms with Crippen LogP contribution in [-0.2, 0) is 39.0 Å². The molecule has 2 atom stereocenters. The first-order chi connectivity index (χ1) is 20.2. The number of anilines is 1. The van der Waals surface area contributed by atoms with Crippen LogP contribution in [0.1, 0.15) is 58.9 Å². The van der Waals surface area contributed by atoms with Gasteiger partial charge in [-0.25, -0.2) is 8.42 Å². The highest BCUT2D eigenvalue weighted by molar-refractivity contribution is 7.92. The summed E-state index contributed by atoms with van der Waals surface area (Å²) in [6, 6.07) is 18.0. The van der Waals surface area contributed by atoms with Gasteiger partial charge in [-0.1, -0.05) is 36.4 Å². The molecule has 1 aliphatic rings. The summed E-state index contributed by atoms with van der Waals surface area (Å²) in [6.07, 6.45) is 2.55. The number of nitro benzene ring substituents is 1. The molecule has 1 unspecified atom stereocenters. The van der Waals surface area contributed by atoms with Gasteiger partial charge >= 0.3 is 5.97 Å². The van der Waals surface area contributed by atoms with E-state index in [1.165, 1.54) is 25.2 Å². The van der Waals surface area contributed by atoms with Crippen LogP contribution >= 0.6 is 0 Å². The van der Waals surface area contributed by atoms with E-state index >= 15 is 0 Å². The van der Waals surface area contributed by atoms with Crippen LogP contribution in [0.3, 0.4) is 0 Å². The number of sulfonamides is 1. The third-order valence-electron chi connectivity index (χ3n) is 7.66. The fourth-order valence-electron chi connectivity index (χ4n) is 5.10. The number of non-ortho nitro benzene ring substituents is 1. The Balaban J connectivity index is 1.80. The minimum Gasteiger partial charge on any atom is -0.459 e. The molecule has 0 aliphatic carbocycles. The Morgan fingerprint density at radius 1 is 1.05 bits per heavy atom. The number of nitro groups is 1. The van der Waals surface area contributed by atoms with E-state index in [9.17, 15) is 28.1 Å². The normalized spacial score (nSPS) is 19.0. The van der Waals surface area contributed by atoms with Crippen molar-refractivity contribution in [1.29, 1.82) is 0 Å². The van der Waals surface area contributed by atoms with Crippen molar-refractivity contribution in [3.05, 3.63) is 105 Å². The van der Waals surface area contributed by atoms with Gasteiger partial charge in [-0.3, -0.25) is 24.0 Å². The van der Waals surface area contributed by atoms with Gasteiger partial charge in [-0.2, -0.15) is 0 Å². The van der Waals surface area contributed by atoms with Crippen LogP contribution in [0.25, 0.3) is 0 Å². The number of nitrogens with two attached hydrogens (primary N) is 1. The molecule has 3 aromatic rings. The molecular weight excluding hydrogens is 572 g/mol. The van der Waals surface area contributed by atoms with Crippen molar-refractivity contribution in [3.8, 4) is 0 Å². The monoisotopic (exact) mass is 608 g/mol. The first kappa shape index (κ1) is 31.6. The highest BCUT2D eigenvalue weighted by atomic mass is 32.2. The van der Waals surface area contributed by atoms with Gasteiger partial charge < -0.3 is 15.4 Å². The van der Waals surface area contributed by atoms with Crippen LogP contribution in [0.5, 0.6) is 0 Å². The van der Waals surface area contributed by atoms with Crippen molar-refractivity contribution in [2.45, 2.75) is 51.3 Å². The highest BCUT2D eigenvalue weighted by Gasteiger charge is 2.31. The lowest BCUT2D eigenvalue weighted by molar-refractivity contribution is -0.384. The number of benzene rings is 3. The third kappa shape index (κ3) is 7.57. The number of amides is 1. The summed E-state index contributed by atoms with van der Waals surface area (Å²) >= 11 is 0. The molecule has 2 N–H and O–H groups in total. The van der Waals surface area contributed by atoms with E-state index in [-0.39, 0.29) is 35.9 Å². The van der Waals surface area contributed by atoms with Gasteiger partial charge in [-0.05, 0) is 67.1 Å². The zero-order chi connectivity index (χ0) is 31.5. The summed E-state index contributed by atoms with van der Waals surface area (Å²) in [4.78, 5) is 39.6. The minimum absolute atomic E-state index is 0.0561. The molecule has 0 aromatic heterocycles. The second-order valence-electron chi connectivity index (χ2n) is 11.2. The number of cyclic esters (lactones) is 1. The van der Waals surface area contributed by atoms with Gasteiger partial charge in [0.2, 0.25) is 10.0 Å². The van der Waals surface area contributed by atoms with E-state index in [2.05, 4.69) is 0 Å². The Morgan fingerprint density at radius 2 is 1.72 bits per heavy atom. The Hall–Kier alpha value is -4.29. The Kier molecular flexibility index (Phi) is 9.21. The van der Waals surface area contributed by atoms with Crippen molar-refractivity contribution in [1.82, 2.24) is 4.90 Å². The van der Waals surface area contributed by atoms with Crippen LogP contribution < -0.4 is 10.0 Å². The molecule has 1 aliphatic heterocycles. The smallest absolute Gasteiger partial charge is 0.326 e. The van der Waals surface area contributed by atoms with Gasteiger partial charge in [0, 0.05) is 37.7 Å². The molecule has 0 saturated heterocycles. The van der Waals surface area contributed by atoms with Crippen LogP contribution in [0.4, 0.5) is 11.4 Å². The van der Waals surface area contributed by atoms with Crippen LogP contribution in [0.15, 0.2) is 66.7 Å². The zero-order valence-electron chi connectivity index (χ0n) is 24.6. The SMILES string of the molecule is C[C@H](c1ccc([N+](=O)[O-])cc1)N1CCCc2cccc(c2)CC(C)(N)C(=O)OCc2cc(cc(N(C)S(C)(=O)=O)c2)C1=O. The summed E-state index contributed by atoms with van der Waals surface area (Å²) in [7, 11) is -2.30. The number of ether oxygens (including phenoxy) is 1. The van der Waals surface area contributed by atoms with Gasteiger partial charge in [0.15, 0.2) is 0 Å². The van der Waals surface area contributed by atoms with Crippen molar-refractivity contribution in [2.75, 3.05) is 24.2 Å². The van der Waals surface area contributed by atoms with E-state index in [4.69, 9.17) is 10.5 Å². The number of carbonyl (C=O) groups excluding carboxylic acids is 2. The minimum atomic E-state index is -3.68. The number of aryl methyl sites for hydroxylation is 1. The molecule has 1 heterocycles. The fraction of sp³-hybridized carbons (Fsp3) is 0.355. The average Bonchev–Trinajstić information content (AvgIpc) is 2.96. The van der Waals surface area contributed by atoms with Gasteiger partial charge in [0.25, 0.3) is 11.6 Å². The molecule has 0 radical (unpaired) electrons. The molecule has 4 rings (SSSR count). The molecular formula is C31H36N4O7S. The van der Waals surface area contributed by atoms with Crippen LogP contribution in [0.2, 0.25) is 0 Å². The quantitative estimate of drug-likeness (QED) is 0.258. The number of hydrogen-bond donors (Lipinski definition) is 1. The standard InChI is InChI=1S/C31H36N4O7S/c1-21(25-10-12-27(13-11-25)35(38)39)34-14-6-9-22-7-5-8-23(15-22)19-31(2,32)30(37)42-20-24-16-26(29(34)36)18-28(17-24)33(3)43(4,40)41/h5,7-8,10-13,15-18,21H,6,9,14,19-20,32H2,1-4H3/t21-,31?/m1/s1. The Bertz CT molecular complexity index is 1640. The molecule has 1 amide bonds. The topological polar surface area (TPSA) is 153 Å². The van der Waals surface area contributed by atoms with Crippen LogP contribution in [-0.4, -0.2) is 55.5 Å². The largest absolute Gasteiger partial charge is 0.459 e. The molecule has 12 heteroatoms. The molecule has 0 spiro atoms. The first-order valence-electron chi connectivity index (χ1n) is 13.8.